The molecule has 242 valence electrons. The van der Waals surface area contributed by atoms with Crippen molar-refractivity contribution in [2.45, 2.75) is 32.9 Å². The molecule has 3 aromatic carbocycles. The van der Waals surface area contributed by atoms with Crippen LogP contribution in [0.2, 0.25) is 0 Å². The standard InChI is InChI=1S/C37H37N3O6S/c1-5-18-45-34-28(15-11-17-30(34)44-4)33-32(36(42)46-20-19-43-3)24(2)38-37-40(33)35(41)31(47-37)21-26-23-39(22-25-12-7-6-8-13-25)29-16-10-9-14-27(26)29/h6-17,21,23,33H,5,18-20,22H2,1-4H3/b31-21+/t33-/m1/s1. The van der Waals surface area contributed by atoms with Crippen molar-refractivity contribution in [2.75, 3.05) is 34.0 Å². The lowest BCUT2D eigenvalue weighted by atomic mass is 9.94. The molecule has 0 unspecified atom stereocenters. The third-order valence-electron chi connectivity index (χ3n) is 8.04. The van der Waals surface area contributed by atoms with Crippen LogP contribution in [0.15, 0.2) is 100 Å². The minimum atomic E-state index is -0.857. The highest BCUT2D eigenvalue weighted by molar-refractivity contribution is 7.07. The van der Waals surface area contributed by atoms with Gasteiger partial charge in [0.25, 0.3) is 5.56 Å². The summed E-state index contributed by atoms with van der Waals surface area (Å²) in [5.74, 6) is 0.402. The van der Waals surface area contributed by atoms with Gasteiger partial charge in [0.2, 0.25) is 0 Å². The van der Waals surface area contributed by atoms with Gasteiger partial charge in [-0.2, -0.15) is 0 Å². The number of thiazole rings is 1. The Kier molecular flexibility index (Phi) is 9.70. The van der Waals surface area contributed by atoms with Crippen LogP contribution in [0.25, 0.3) is 17.0 Å². The molecule has 0 radical (unpaired) electrons. The second-order valence-electron chi connectivity index (χ2n) is 11.2. The lowest BCUT2D eigenvalue weighted by molar-refractivity contribution is -0.140. The Morgan fingerprint density at radius 1 is 0.979 bits per heavy atom. The van der Waals surface area contributed by atoms with E-state index in [1.807, 2.05) is 55.5 Å². The molecule has 6 rings (SSSR count). The van der Waals surface area contributed by atoms with Crippen LogP contribution in [0.3, 0.4) is 0 Å². The van der Waals surface area contributed by atoms with Crippen molar-refractivity contribution in [2.24, 2.45) is 4.99 Å². The molecule has 3 heterocycles. The zero-order valence-electron chi connectivity index (χ0n) is 26.9. The van der Waals surface area contributed by atoms with Crippen LogP contribution >= 0.6 is 11.3 Å². The normalized spacial score (nSPS) is 14.6. The largest absolute Gasteiger partial charge is 0.493 e. The fourth-order valence-electron chi connectivity index (χ4n) is 5.88. The van der Waals surface area contributed by atoms with E-state index in [9.17, 15) is 9.59 Å². The van der Waals surface area contributed by atoms with Gasteiger partial charge in [0.15, 0.2) is 16.3 Å². The molecule has 0 saturated carbocycles. The number of ether oxygens (including phenoxy) is 4. The molecule has 1 atom stereocenters. The number of para-hydroxylation sites is 2. The fourth-order valence-corrected chi connectivity index (χ4v) is 6.92. The highest BCUT2D eigenvalue weighted by Crippen LogP contribution is 2.41. The molecule has 5 aromatic rings. The van der Waals surface area contributed by atoms with Gasteiger partial charge in [0.1, 0.15) is 12.6 Å². The monoisotopic (exact) mass is 651 g/mol. The highest BCUT2D eigenvalue weighted by Gasteiger charge is 2.36. The van der Waals surface area contributed by atoms with Gasteiger partial charge in [-0.25, -0.2) is 9.79 Å². The summed E-state index contributed by atoms with van der Waals surface area (Å²) in [5.41, 5.74) is 4.23. The molecule has 0 saturated heterocycles. The number of rotatable bonds is 12. The number of allylic oxidation sites excluding steroid dienone is 1. The minimum Gasteiger partial charge on any atom is -0.493 e. The van der Waals surface area contributed by atoms with Gasteiger partial charge in [-0.15, -0.1) is 0 Å². The quantitative estimate of drug-likeness (QED) is 0.136. The van der Waals surface area contributed by atoms with Gasteiger partial charge < -0.3 is 23.5 Å². The molecule has 0 spiro atoms. The third kappa shape index (κ3) is 6.39. The molecular formula is C37H37N3O6S. The van der Waals surface area contributed by atoms with E-state index in [0.29, 0.717) is 45.2 Å². The summed E-state index contributed by atoms with van der Waals surface area (Å²) in [4.78, 5) is 33.4. The summed E-state index contributed by atoms with van der Waals surface area (Å²) >= 11 is 1.29. The first-order chi connectivity index (χ1) is 22.9. The number of hydrogen-bond acceptors (Lipinski definition) is 8. The Morgan fingerprint density at radius 3 is 2.53 bits per heavy atom. The number of carbonyl (C=O) groups excluding carboxylic acids is 1. The first-order valence-corrected chi connectivity index (χ1v) is 16.4. The SMILES string of the molecule is CCCOc1c(OC)cccc1[C@@H]1C(C(=O)OCCOC)=C(C)N=c2s/c(=C/c3cn(Cc4ccccc4)c4ccccc34)c(=O)n21. The predicted molar refractivity (Wildman–Crippen MR) is 183 cm³/mol. The summed E-state index contributed by atoms with van der Waals surface area (Å²) in [5, 5.41) is 1.03. The fraction of sp³-hybridized carbons (Fsp3) is 0.270. The Bertz CT molecular complexity index is 2130. The second-order valence-corrected chi connectivity index (χ2v) is 12.2. The van der Waals surface area contributed by atoms with Crippen LogP contribution in [-0.4, -0.2) is 49.1 Å². The van der Waals surface area contributed by atoms with Gasteiger partial charge in [-0.05, 0) is 37.1 Å². The van der Waals surface area contributed by atoms with Crippen molar-refractivity contribution in [3.63, 3.8) is 0 Å². The summed E-state index contributed by atoms with van der Waals surface area (Å²) in [7, 11) is 3.11. The van der Waals surface area contributed by atoms with Crippen LogP contribution in [0.5, 0.6) is 11.5 Å². The molecule has 1 aliphatic rings. The van der Waals surface area contributed by atoms with Crippen LogP contribution in [0, 0.1) is 0 Å². The second kappa shape index (κ2) is 14.2. The number of nitrogens with zero attached hydrogens (tertiary/aromatic N) is 3. The van der Waals surface area contributed by atoms with Crippen LogP contribution in [0.1, 0.15) is 43.0 Å². The first kappa shape index (κ1) is 32.0. The Balaban J connectivity index is 1.53. The molecule has 0 bridgehead atoms. The molecule has 47 heavy (non-hydrogen) atoms. The molecule has 0 fully saturated rings. The highest BCUT2D eigenvalue weighted by atomic mass is 32.1. The van der Waals surface area contributed by atoms with Crippen molar-refractivity contribution in [1.29, 1.82) is 0 Å². The molecule has 0 N–H and O–H groups in total. The van der Waals surface area contributed by atoms with Crippen LogP contribution in [-0.2, 0) is 20.8 Å². The maximum Gasteiger partial charge on any atom is 0.338 e. The predicted octanol–water partition coefficient (Wildman–Crippen LogP) is 5.23. The smallest absolute Gasteiger partial charge is 0.338 e. The van der Waals surface area contributed by atoms with E-state index in [1.54, 1.807) is 31.8 Å². The van der Waals surface area contributed by atoms with Crippen molar-refractivity contribution in [1.82, 2.24) is 9.13 Å². The summed E-state index contributed by atoms with van der Waals surface area (Å²) in [6.45, 7) is 5.20. The number of esters is 1. The van der Waals surface area contributed by atoms with Gasteiger partial charge in [0, 0.05) is 41.9 Å². The average Bonchev–Trinajstić information content (AvgIpc) is 3.59. The molecule has 1 aliphatic heterocycles. The van der Waals surface area contributed by atoms with E-state index in [2.05, 4.69) is 35.0 Å². The lowest BCUT2D eigenvalue weighted by Gasteiger charge is -2.27. The maximum atomic E-state index is 14.5. The number of carbonyl (C=O) groups is 1. The van der Waals surface area contributed by atoms with E-state index in [-0.39, 0.29) is 24.3 Å². The zero-order chi connectivity index (χ0) is 32.9. The average molecular weight is 652 g/mol. The number of aromatic nitrogens is 2. The van der Waals surface area contributed by atoms with Crippen molar-refractivity contribution in [3.05, 3.63) is 127 Å². The topological polar surface area (TPSA) is 93.3 Å². The number of benzene rings is 3. The summed E-state index contributed by atoms with van der Waals surface area (Å²) < 4.78 is 26.9. The lowest BCUT2D eigenvalue weighted by Crippen LogP contribution is -2.40. The number of fused-ring (bicyclic) bond motifs is 2. The summed E-state index contributed by atoms with van der Waals surface area (Å²) in [6, 6.07) is 23.1. The molecule has 9 nitrogen and oxygen atoms in total. The van der Waals surface area contributed by atoms with Crippen molar-refractivity contribution >= 4 is 34.3 Å². The van der Waals surface area contributed by atoms with Crippen molar-refractivity contribution < 1.29 is 23.7 Å². The van der Waals surface area contributed by atoms with E-state index < -0.39 is 12.0 Å². The van der Waals surface area contributed by atoms with Gasteiger partial charge >= 0.3 is 5.97 Å². The third-order valence-corrected chi connectivity index (χ3v) is 9.02. The Hall–Kier alpha value is -4.93. The number of methoxy groups -OCH3 is 2. The minimum absolute atomic E-state index is 0.0631. The van der Waals surface area contributed by atoms with Gasteiger partial charge in [0.05, 0.1) is 36.1 Å². The number of hydrogen-bond donors (Lipinski definition) is 0. The Labute approximate surface area is 276 Å². The first-order valence-electron chi connectivity index (χ1n) is 15.5. The zero-order valence-corrected chi connectivity index (χ0v) is 27.7. The summed E-state index contributed by atoms with van der Waals surface area (Å²) in [6.07, 6.45) is 4.76. The van der Waals surface area contributed by atoms with Crippen LogP contribution < -0.4 is 24.4 Å². The van der Waals surface area contributed by atoms with Gasteiger partial charge in [-0.3, -0.25) is 9.36 Å². The molecule has 2 aromatic heterocycles. The molecular weight excluding hydrogens is 614 g/mol. The van der Waals surface area contributed by atoms with E-state index in [4.69, 9.17) is 23.9 Å². The van der Waals surface area contributed by atoms with Gasteiger partial charge in [-0.1, -0.05) is 78.9 Å². The molecule has 10 heteroatoms. The van der Waals surface area contributed by atoms with E-state index >= 15 is 0 Å². The van der Waals surface area contributed by atoms with Crippen LogP contribution in [0.4, 0.5) is 0 Å². The van der Waals surface area contributed by atoms with Crippen molar-refractivity contribution in [3.8, 4) is 11.5 Å². The van der Waals surface area contributed by atoms with E-state index in [0.717, 1.165) is 22.9 Å². The molecule has 0 amide bonds. The molecule has 0 aliphatic carbocycles. The van der Waals surface area contributed by atoms with E-state index in [1.165, 1.54) is 16.9 Å². The Morgan fingerprint density at radius 2 is 1.77 bits per heavy atom. The maximum absolute atomic E-state index is 14.5.